The van der Waals surface area contributed by atoms with Crippen molar-refractivity contribution in [2.24, 2.45) is 5.73 Å². The summed E-state index contributed by atoms with van der Waals surface area (Å²) >= 11 is 0. The van der Waals surface area contributed by atoms with Crippen LogP contribution in [0.2, 0.25) is 0 Å². The predicted molar refractivity (Wildman–Crippen MR) is 38.9 cm³/mol. The van der Waals surface area contributed by atoms with Crippen LogP contribution in [0.25, 0.3) is 0 Å². The lowest BCUT2D eigenvalue weighted by atomic mass is 10.3. The predicted octanol–water partition coefficient (Wildman–Crippen LogP) is -0.659. The number of alkyl halides is 2. The molecule has 0 bridgehead atoms. The lowest BCUT2D eigenvalue weighted by molar-refractivity contribution is -0.121. The van der Waals surface area contributed by atoms with E-state index in [0.717, 1.165) is 0 Å². The Morgan fingerprint density at radius 2 is 2.17 bits per heavy atom. The minimum atomic E-state index is -2.52. The maximum absolute atomic E-state index is 11.5. The molecular formula is C6H12F2N2O2. The summed E-state index contributed by atoms with van der Waals surface area (Å²) in [6.45, 7) is -0.804. The van der Waals surface area contributed by atoms with Gasteiger partial charge in [0.2, 0.25) is 5.91 Å². The van der Waals surface area contributed by atoms with E-state index in [1.165, 1.54) is 7.05 Å². The molecule has 0 aliphatic carbocycles. The number of amides is 1. The summed E-state index contributed by atoms with van der Waals surface area (Å²) in [6.07, 6.45) is -2.52. The van der Waals surface area contributed by atoms with Gasteiger partial charge in [0.15, 0.2) is 0 Å². The summed E-state index contributed by atoms with van der Waals surface area (Å²) < 4.78 is 27.6. The summed E-state index contributed by atoms with van der Waals surface area (Å²) in [5.74, 6) is -0.619. The van der Waals surface area contributed by atoms with E-state index in [4.69, 9.17) is 5.73 Å². The van der Waals surface area contributed by atoms with E-state index in [1.54, 1.807) is 0 Å². The maximum Gasteiger partial charge on any atom is 0.261 e. The highest BCUT2D eigenvalue weighted by molar-refractivity contribution is 5.79. The Morgan fingerprint density at radius 1 is 1.58 bits per heavy atom. The van der Waals surface area contributed by atoms with E-state index in [9.17, 15) is 13.6 Å². The lowest BCUT2D eigenvalue weighted by Crippen LogP contribution is -2.42. The monoisotopic (exact) mass is 182 g/mol. The number of rotatable bonds is 6. The van der Waals surface area contributed by atoms with Gasteiger partial charge in [-0.2, -0.15) is 0 Å². The summed E-state index contributed by atoms with van der Waals surface area (Å²) in [7, 11) is 1.50. The Labute approximate surface area is 69.1 Å². The van der Waals surface area contributed by atoms with Gasteiger partial charge in [-0.25, -0.2) is 8.78 Å². The quantitative estimate of drug-likeness (QED) is 0.573. The molecule has 3 N–H and O–H groups in total. The summed E-state index contributed by atoms with van der Waals surface area (Å²) in [5.41, 5.74) is 4.90. The zero-order valence-corrected chi connectivity index (χ0v) is 6.72. The van der Waals surface area contributed by atoms with Crippen LogP contribution < -0.4 is 11.1 Å². The zero-order valence-electron chi connectivity index (χ0n) is 6.72. The van der Waals surface area contributed by atoms with Gasteiger partial charge in [-0.1, -0.05) is 0 Å². The minimum absolute atomic E-state index is 0.129. The molecule has 0 aliphatic rings. The largest absolute Gasteiger partial charge is 0.373 e. The van der Waals surface area contributed by atoms with Gasteiger partial charge in [0.25, 0.3) is 6.43 Å². The second kappa shape index (κ2) is 5.84. The standard InChI is InChI=1S/C6H12F2N2O2/c1-10-4(6(9)11)2-12-3-5(7)8/h4-5,10H,2-3H2,1H3,(H2,9,11). The van der Waals surface area contributed by atoms with Crippen LogP contribution in [0, 0.1) is 0 Å². The summed E-state index contributed by atoms with van der Waals surface area (Å²) in [4.78, 5) is 10.5. The molecule has 1 unspecified atom stereocenters. The van der Waals surface area contributed by atoms with Crippen LogP contribution in [0.1, 0.15) is 0 Å². The third-order valence-corrected chi connectivity index (χ3v) is 1.22. The van der Waals surface area contributed by atoms with Crippen LogP contribution in [0.4, 0.5) is 8.78 Å². The van der Waals surface area contributed by atoms with Crippen LogP contribution in [-0.2, 0) is 9.53 Å². The lowest BCUT2D eigenvalue weighted by Gasteiger charge is -2.11. The van der Waals surface area contributed by atoms with Crippen molar-refractivity contribution in [3.05, 3.63) is 0 Å². The fraction of sp³-hybridized carbons (Fsp3) is 0.833. The van der Waals surface area contributed by atoms with Crippen LogP contribution in [-0.4, -0.2) is 38.6 Å². The summed E-state index contributed by atoms with van der Waals surface area (Å²) in [6, 6.07) is -0.705. The topological polar surface area (TPSA) is 64.3 Å². The average Bonchev–Trinajstić information content (AvgIpc) is 1.96. The van der Waals surface area contributed by atoms with E-state index in [1.807, 2.05) is 0 Å². The van der Waals surface area contributed by atoms with Crippen molar-refractivity contribution >= 4 is 5.91 Å². The van der Waals surface area contributed by atoms with Crippen LogP contribution >= 0.6 is 0 Å². The Bertz CT molecular complexity index is 144. The number of hydrogen-bond acceptors (Lipinski definition) is 3. The fourth-order valence-corrected chi connectivity index (χ4v) is 0.583. The molecule has 1 amide bonds. The third kappa shape index (κ3) is 4.97. The number of nitrogens with two attached hydrogens (primary N) is 1. The molecule has 72 valence electrons. The zero-order chi connectivity index (χ0) is 9.56. The first-order valence-electron chi connectivity index (χ1n) is 3.40. The molecule has 1 atom stereocenters. The number of halogens is 2. The van der Waals surface area contributed by atoms with Crippen LogP contribution in [0.5, 0.6) is 0 Å². The van der Waals surface area contributed by atoms with Crippen molar-refractivity contribution in [3.63, 3.8) is 0 Å². The number of nitrogens with one attached hydrogen (secondary N) is 1. The van der Waals surface area contributed by atoms with Gasteiger partial charge in [-0.05, 0) is 7.05 Å². The molecule has 0 saturated heterocycles. The van der Waals surface area contributed by atoms with Crippen LogP contribution in [0.15, 0.2) is 0 Å². The van der Waals surface area contributed by atoms with Gasteiger partial charge in [-0.15, -0.1) is 0 Å². The van der Waals surface area contributed by atoms with Crippen molar-refractivity contribution in [2.75, 3.05) is 20.3 Å². The van der Waals surface area contributed by atoms with Gasteiger partial charge < -0.3 is 15.8 Å². The smallest absolute Gasteiger partial charge is 0.261 e. The average molecular weight is 182 g/mol. The van der Waals surface area contributed by atoms with Gasteiger partial charge in [0.1, 0.15) is 12.6 Å². The molecular weight excluding hydrogens is 170 g/mol. The number of carbonyl (C=O) groups is 1. The van der Waals surface area contributed by atoms with Crippen molar-refractivity contribution in [2.45, 2.75) is 12.5 Å². The Hall–Kier alpha value is -0.750. The van der Waals surface area contributed by atoms with E-state index in [0.29, 0.717) is 0 Å². The molecule has 0 rings (SSSR count). The van der Waals surface area contributed by atoms with Gasteiger partial charge >= 0.3 is 0 Å². The molecule has 0 heterocycles. The summed E-state index contributed by atoms with van der Waals surface area (Å²) in [5, 5.41) is 2.53. The van der Waals surface area contributed by atoms with Crippen LogP contribution in [0.3, 0.4) is 0 Å². The highest BCUT2D eigenvalue weighted by Gasteiger charge is 2.13. The van der Waals surface area contributed by atoms with E-state index in [2.05, 4.69) is 10.1 Å². The van der Waals surface area contributed by atoms with E-state index in [-0.39, 0.29) is 6.61 Å². The van der Waals surface area contributed by atoms with E-state index >= 15 is 0 Å². The number of carbonyl (C=O) groups excluding carboxylic acids is 1. The first-order chi connectivity index (χ1) is 5.57. The molecule has 0 radical (unpaired) electrons. The Balaban J connectivity index is 3.52. The molecule has 6 heteroatoms. The fourth-order valence-electron chi connectivity index (χ4n) is 0.583. The number of primary amides is 1. The van der Waals surface area contributed by atoms with Gasteiger partial charge in [0, 0.05) is 0 Å². The number of hydrogen-bond donors (Lipinski definition) is 2. The van der Waals surface area contributed by atoms with E-state index < -0.39 is 25.0 Å². The molecule has 0 fully saturated rings. The molecule has 0 spiro atoms. The molecule has 0 aromatic carbocycles. The molecule has 0 saturated carbocycles. The number of likely N-dealkylation sites (N-methyl/N-ethyl adjacent to an activating group) is 1. The van der Waals surface area contributed by atoms with Crippen molar-refractivity contribution in [1.29, 1.82) is 0 Å². The van der Waals surface area contributed by atoms with Crippen molar-refractivity contribution in [1.82, 2.24) is 5.32 Å². The third-order valence-electron chi connectivity index (χ3n) is 1.22. The second-order valence-electron chi connectivity index (χ2n) is 2.17. The minimum Gasteiger partial charge on any atom is -0.373 e. The molecule has 0 aromatic heterocycles. The second-order valence-corrected chi connectivity index (χ2v) is 2.17. The van der Waals surface area contributed by atoms with Gasteiger partial charge in [0.05, 0.1) is 6.61 Å². The van der Waals surface area contributed by atoms with Crippen molar-refractivity contribution in [3.8, 4) is 0 Å². The Kier molecular flexibility index (Phi) is 5.48. The SMILES string of the molecule is CNC(COCC(F)F)C(N)=O. The normalized spacial score (nSPS) is 13.3. The first-order valence-corrected chi connectivity index (χ1v) is 3.40. The van der Waals surface area contributed by atoms with Crippen molar-refractivity contribution < 1.29 is 18.3 Å². The number of ether oxygens (including phenoxy) is 1. The maximum atomic E-state index is 11.5. The highest BCUT2D eigenvalue weighted by Crippen LogP contribution is 1.93. The van der Waals surface area contributed by atoms with Gasteiger partial charge in [-0.3, -0.25) is 4.79 Å². The molecule has 0 aromatic rings. The Morgan fingerprint density at radius 3 is 2.50 bits per heavy atom. The molecule has 0 aliphatic heterocycles. The first kappa shape index (κ1) is 11.2. The highest BCUT2D eigenvalue weighted by atomic mass is 19.3. The molecule has 12 heavy (non-hydrogen) atoms. The molecule has 4 nitrogen and oxygen atoms in total.